The van der Waals surface area contributed by atoms with E-state index < -0.39 is 28.0 Å². The van der Waals surface area contributed by atoms with Gasteiger partial charge in [0.1, 0.15) is 0 Å². The van der Waals surface area contributed by atoms with Crippen LogP contribution in [0.1, 0.15) is 0 Å². The number of urea groups is 1. The maximum atomic E-state index is 13.5. The van der Waals surface area contributed by atoms with E-state index in [0.717, 1.165) is 0 Å². The number of nitrogens with two attached hydrogens (primary N) is 1. The summed E-state index contributed by atoms with van der Waals surface area (Å²) in [4.78, 5) is 21.5. The lowest BCUT2D eigenvalue weighted by Crippen LogP contribution is -2.19. The Kier molecular flexibility index (Phi) is 5.61. The first-order valence-corrected chi connectivity index (χ1v) is 8.28. The number of nitrogens with one attached hydrogen (secondary N) is 3. The number of primary amides is 1. The lowest BCUT2D eigenvalue weighted by atomic mass is 10.3. The summed E-state index contributed by atoms with van der Waals surface area (Å²) in [6.07, 6.45) is -1.11. The molecule has 2 rings (SSSR count). The number of carbonyl (C=O) groups excluding carboxylic acids is 1. The molecule has 0 aliphatic heterocycles. The molecular weight excluding hydrogens is 357 g/mol. The minimum absolute atomic E-state index is 0.168. The van der Waals surface area contributed by atoms with E-state index in [1.54, 1.807) is 6.07 Å². The third-order valence-corrected chi connectivity index (χ3v) is 3.29. The van der Waals surface area contributed by atoms with Crippen LogP contribution < -0.4 is 21.7 Å². The molecule has 0 spiro atoms. The van der Waals surface area contributed by atoms with Crippen molar-refractivity contribution in [2.45, 2.75) is 0 Å². The van der Waals surface area contributed by atoms with Gasteiger partial charge < -0.3 is 21.7 Å². The molecule has 0 saturated heterocycles. The Labute approximate surface area is 141 Å². The largest absolute Gasteiger partial charge is 0.353 e. The van der Waals surface area contributed by atoms with Crippen molar-refractivity contribution in [1.29, 1.82) is 0 Å². The molecule has 11 nitrogen and oxygen atoms in total. The van der Waals surface area contributed by atoms with E-state index in [1.807, 2.05) is 0 Å². The molecular formula is C12H13FN7O4S. The lowest BCUT2D eigenvalue weighted by Gasteiger charge is -2.09. The first-order valence-electron chi connectivity index (χ1n) is 6.67. The van der Waals surface area contributed by atoms with Gasteiger partial charge in [0.15, 0.2) is 0 Å². The number of hydrogen-bond donors (Lipinski definition) is 5. The van der Waals surface area contributed by atoms with Crippen LogP contribution in [0, 0.1) is 12.1 Å². The Bertz CT molecular complexity index is 878. The van der Waals surface area contributed by atoms with Gasteiger partial charge >= 0.3 is 12.1 Å². The highest BCUT2D eigenvalue weighted by atomic mass is 32.2. The molecule has 0 unspecified atom stereocenters. The molecule has 0 aliphatic carbocycles. The second-order valence-corrected chi connectivity index (χ2v) is 6.14. The van der Waals surface area contributed by atoms with Crippen molar-refractivity contribution in [3.8, 4) is 0 Å². The number of benzene rings is 1. The average Bonchev–Trinajstić information content (AvgIpc) is 2.44. The van der Waals surface area contributed by atoms with Crippen molar-refractivity contribution in [2.75, 3.05) is 28.2 Å². The topological polar surface area (TPSA) is 172 Å². The standard InChI is InChI=1S/C12H13FN7O4S/c13-9-18-11(15-4-5-25(22,23)24)20-12(19-9)17-8-3-1-2-7(6-8)16-10(14)21/h1,3,6H,4-5H2,(H3,14,16,21)(H,22,23,24)(H2,15,17,18,19,20). The van der Waals surface area contributed by atoms with Crippen LogP contribution in [-0.2, 0) is 10.1 Å². The fourth-order valence-electron chi connectivity index (χ4n) is 1.66. The Morgan fingerprint density at radius 3 is 2.72 bits per heavy atom. The van der Waals surface area contributed by atoms with E-state index in [4.69, 9.17) is 10.3 Å². The van der Waals surface area contributed by atoms with Gasteiger partial charge in [-0.2, -0.15) is 27.8 Å². The Hall–Kier alpha value is -3.06. The van der Waals surface area contributed by atoms with Gasteiger partial charge in [-0.15, -0.1) is 0 Å². The summed E-state index contributed by atoms with van der Waals surface area (Å²) in [7, 11) is -4.17. The molecule has 133 valence electrons. The first-order chi connectivity index (χ1) is 11.7. The second kappa shape index (κ2) is 7.67. The van der Waals surface area contributed by atoms with Crippen molar-refractivity contribution in [1.82, 2.24) is 15.0 Å². The van der Waals surface area contributed by atoms with Crippen LogP contribution >= 0.6 is 0 Å². The maximum Gasteiger partial charge on any atom is 0.316 e. The highest BCUT2D eigenvalue weighted by molar-refractivity contribution is 7.85. The van der Waals surface area contributed by atoms with Crippen LogP contribution in [0.3, 0.4) is 0 Å². The number of anilines is 4. The minimum Gasteiger partial charge on any atom is -0.353 e. The molecule has 1 radical (unpaired) electrons. The molecule has 0 atom stereocenters. The Balaban J connectivity index is 2.10. The summed E-state index contributed by atoms with van der Waals surface area (Å²) in [5, 5.41) is 7.45. The van der Waals surface area contributed by atoms with Gasteiger partial charge in [-0.3, -0.25) is 4.55 Å². The van der Waals surface area contributed by atoms with Gasteiger partial charge in [0.25, 0.3) is 10.1 Å². The lowest BCUT2D eigenvalue weighted by molar-refractivity contribution is 0.259. The Morgan fingerprint density at radius 2 is 2.04 bits per heavy atom. The van der Waals surface area contributed by atoms with Gasteiger partial charge in [-0.05, 0) is 12.1 Å². The van der Waals surface area contributed by atoms with E-state index in [1.165, 1.54) is 12.1 Å². The van der Waals surface area contributed by atoms with Crippen LogP contribution in [0.15, 0.2) is 18.2 Å². The number of hydrogen-bond acceptors (Lipinski definition) is 8. The predicted molar refractivity (Wildman–Crippen MR) is 86.5 cm³/mol. The summed E-state index contributed by atoms with van der Waals surface area (Å²) >= 11 is 0. The second-order valence-electron chi connectivity index (χ2n) is 4.57. The number of aromatic nitrogens is 3. The van der Waals surface area contributed by atoms with Crippen molar-refractivity contribution in [2.24, 2.45) is 5.73 Å². The van der Waals surface area contributed by atoms with E-state index in [0.29, 0.717) is 5.69 Å². The molecule has 13 heteroatoms. The van der Waals surface area contributed by atoms with Crippen LogP contribution in [0.4, 0.5) is 32.5 Å². The highest BCUT2D eigenvalue weighted by Crippen LogP contribution is 2.18. The van der Waals surface area contributed by atoms with Crippen molar-refractivity contribution in [3.05, 3.63) is 30.3 Å². The van der Waals surface area contributed by atoms with Crippen LogP contribution in [0.5, 0.6) is 0 Å². The summed E-state index contributed by atoms with van der Waals surface area (Å²) in [6.45, 7) is -0.227. The fourth-order valence-corrected chi connectivity index (χ4v) is 2.02. The third-order valence-electron chi connectivity index (χ3n) is 2.57. The van der Waals surface area contributed by atoms with Gasteiger partial charge in [0.2, 0.25) is 11.9 Å². The molecule has 0 aliphatic rings. The summed E-state index contributed by atoms with van der Waals surface area (Å²) in [6, 6.07) is 6.44. The minimum atomic E-state index is -4.17. The molecule has 0 saturated carbocycles. The quantitative estimate of drug-likeness (QED) is 0.431. The molecule has 1 heterocycles. The number of nitrogens with zero attached hydrogens (tertiary/aromatic N) is 3. The van der Waals surface area contributed by atoms with E-state index in [-0.39, 0.29) is 24.1 Å². The molecule has 1 aromatic heterocycles. The highest BCUT2D eigenvalue weighted by Gasteiger charge is 2.09. The van der Waals surface area contributed by atoms with Crippen molar-refractivity contribution >= 4 is 39.4 Å². The predicted octanol–water partition coefficient (Wildman–Crippen LogP) is 0.345. The molecule has 1 aromatic carbocycles. The first kappa shape index (κ1) is 18.3. The summed E-state index contributed by atoms with van der Waals surface area (Å²) < 4.78 is 43.4. The molecule has 25 heavy (non-hydrogen) atoms. The average molecular weight is 370 g/mol. The van der Waals surface area contributed by atoms with E-state index in [9.17, 15) is 17.6 Å². The zero-order chi connectivity index (χ0) is 18.4. The summed E-state index contributed by atoms with van der Waals surface area (Å²) in [5.74, 6) is -0.991. The van der Waals surface area contributed by atoms with E-state index in [2.05, 4.69) is 37.0 Å². The van der Waals surface area contributed by atoms with Crippen molar-refractivity contribution < 1.29 is 22.2 Å². The molecule has 2 amide bonds. The third kappa shape index (κ3) is 6.52. The monoisotopic (exact) mass is 370 g/mol. The van der Waals surface area contributed by atoms with Gasteiger partial charge in [0, 0.05) is 18.3 Å². The van der Waals surface area contributed by atoms with Gasteiger partial charge in [-0.1, -0.05) is 6.07 Å². The van der Waals surface area contributed by atoms with Crippen LogP contribution in [-0.4, -0.2) is 46.3 Å². The SMILES string of the molecule is NC(=O)Nc1[c]ccc(Nc2nc(F)nc(NCCS(=O)(=O)O)n2)c1. The zero-order valence-corrected chi connectivity index (χ0v) is 13.3. The maximum absolute atomic E-state index is 13.5. The molecule has 0 fully saturated rings. The number of halogens is 1. The van der Waals surface area contributed by atoms with Crippen LogP contribution in [0.2, 0.25) is 0 Å². The number of amides is 2. The zero-order valence-electron chi connectivity index (χ0n) is 12.5. The normalized spacial score (nSPS) is 11.0. The van der Waals surface area contributed by atoms with Crippen LogP contribution in [0.25, 0.3) is 0 Å². The summed E-state index contributed by atoms with van der Waals surface area (Å²) in [5.41, 5.74) is 5.68. The molecule has 0 bridgehead atoms. The number of rotatable bonds is 7. The van der Waals surface area contributed by atoms with E-state index >= 15 is 0 Å². The van der Waals surface area contributed by atoms with Gasteiger partial charge in [0.05, 0.1) is 11.4 Å². The molecule has 2 aromatic rings. The Morgan fingerprint density at radius 1 is 1.32 bits per heavy atom. The van der Waals surface area contributed by atoms with Gasteiger partial charge in [-0.25, -0.2) is 4.79 Å². The molecule has 6 N–H and O–H groups in total. The fraction of sp³-hybridized carbons (Fsp3) is 0.167. The number of carbonyl (C=O) groups is 1. The van der Waals surface area contributed by atoms with Crippen molar-refractivity contribution in [3.63, 3.8) is 0 Å². The smallest absolute Gasteiger partial charge is 0.316 e.